The van der Waals surface area contributed by atoms with Gasteiger partial charge in [0.2, 0.25) is 6.29 Å². The fourth-order valence-corrected chi connectivity index (χ4v) is 3.25. The van der Waals surface area contributed by atoms with Crippen LogP contribution >= 0.6 is 0 Å². The molecule has 1 fully saturated rings. The molecule has 0 amide bonds. The summed E-state index contributed by atoms with van der Waals surface area (Å²) in [5.74, 6) is -0.134. The monoisotopic (exact) mass is 251 g/mol. The molecule has 1 unspecified atom stereocenters. The zero-order valence-electron chi connectivity index (χ0n) is 9.46. The molecule has 0 heterocycles. The summed E-state index contributed by atoms with van der Waals surface area (Å²) in [7, 11) is -2.65. The van der Waals surface area contributed by atoms with Gasteiger partial charge in [0, 0.05) is 0 Å². The lowest BCUT2D eigenvalue weighted by Gasteiger charge is -2.18. The van der Waals surface area contributed by atoms with E-state index in [1.807, 2.05) is 6.29 Å². The Labute approximate surface area is 103 Å². The summed E-state index contributed by atoms with van der Waals surface area (Å²) in [6.07, 6.45) is 6.26. The third kappa shape index (κ3) is 2.57. The first-order valence-corrected chi connectivity index (χ1v) is 7.02. The number of benzene rings is 1. The summed E-state index contributed by atoms with van der Waals surface area (Å²) in [5, 5.41) is 0. The molecule has 0 N–H and O–H groups in total. The number of thiol groups is 1. The average Bonchev–Trinajstić information content (AvgIpc) is 2.84. The summed E-state index contributed by atoms with van der Waals surface area (Å²) in [4.78, 5) is 11.4. The second kappa shape index (κ2) is 5.45. The highest BCUT2D eigenvalue weighted by Crippen LogP contribution is 2.37. The summed E-state index contributed by atoms with van der Waals surface area (Å²) >= 11 is 0. The molecule has 2 rings (SSSR count). The molecule has 1 aromatic rings. The molecule has 1 saturated carbocycles. The van der Waals surface area contributed by atoms with Crippen molar-refractivity contribution in [3.8, 4) is 0 Å². The number of rotatable bonds is 4. The average molecular weight is 251 g/mol. The minimum atomic E-state index is -2.65. The van der Waals surface area contributed by atoms with E-state index >= 15 is 0 Å². The summed E-state index contributed by atoms with van der Waals surface area (Å²) in [6, 6.07) is 6.74. The van der Waals surface area contributed by atoms with Crippen LogP contribution in [0.25, 0.3) is 0 Å². The molecule has 1 atom stereocenters. The summed E-state index contributed by atoms with van der Waals surface area (Å²) in [5.41, 5.74) is 0.616. The maximum absolute atomic E-state index is 11.2. The fourth-order valence-electron chi connectivity index (χ4n) is 2.62. The topological polar surface area (TPSA) is 51.2 Å². The third-order valence-corrected chi connectivity index (χ3v) is 4.27. The fraction of sp³-hybridized carbons (Fsp3) is 0.462. The van der Waals surface area contributed by atoms with Crippen LogP contribution in [-0.2, 0) is 15.5 Å². The van der Waals surface area contributed by atoms with Crippen LogP contribution < -0.4 is 0 Å². The maximum Gasteiger partial charge on any atom is 0.206 e. The van der Waals surface area contributed by atoms with Crippen molar-refractivity contribution in [3.63, 3.8) is 0 Å². The van der Waals surface area contributed by atoms with Gasteiger partial charge in [0.1, 0.15) is 0 Å². The largest absolute Gasteiger partial charge is 0.290 e. The van der Waals surface area contributed by atoms with Crippen molar-refractivity contribution in [1.82, 2.24) is 0 Å². The number of hydrogen-bond donors (Lipinski definition) is 1. The van der Waals surface area contributed by atoms with Crippen LogP contribution in [0.1, 0.15) is 37.2 Å². The van der Waals surface area contributed by atoms with Crippen LogP contribution in [0, 0.1) is 5.92 Å². The van der Waals surface area contributed by atoms with Gasteiger partial charge in [-0.15, -0.1) is 0 Å². The molecule has 0 saturated heterocycles. The van der Waals surface area contributed by atoms with E-state index in [0.29, 0.717) is 5.56 Å². The molecule has 1 aliphatic rings. The predicted molar refractivity (Wildman–Crippen MR) is 65.4 cm³/mol. The lowest BCUT2D eigenvalue weighted by Crippen LogP contribution is -2.12. The first-order valence-electron chi connectivity index (χ1n) is 5.85. The second-order valence-electron chi connectivity index (χ2n) is 4.46. The highest BCUT2D eigenvalue weighted by atomic mass is 32.2. The van der Waals surface area contributed by atoms with Crippen LogP contribution in [0.15, 0.2) is 29.2 Å². The quantitative estimate of drug-likeness (QED) is 0.833. The molecule has 4 heteroatoms. The van der Waals surface area contributed by atoms with Crippen molar-refractivity contribution in [2.75, 3.05) is 0 Å². The predicted octanol–water partition coefficient (Wildman–Crippen LogP) is 2.04. The smallest absolute Gasteiger partial charge is 0.206 e. The molecule has 1 aromatic carbocycles. The van der Waals surface area contributed by atoms with Crippen LogP contribution in [0.3, 0.4) is 0 Å². The summed E-state index contributed by atoms with van der Waals surface area (Å²) < 4.78 is 22.3. The molecule has 1 radical (unpaired) electrons. The molecule has 91 valence electrons. The molecule has 1 aliphatic carbocycles. The Hall–Kier alpha value is -1.16. The van der Waals surface area contributed by atoms with Gasteiger partial charge < -0.3 is 0 Å². The Bertz CT molecular complexity index is 465. The van der Waals surface area contributed by atoms with Crippen LogP contribution in [-0.4, -0.2) is 14.7 Å². The molecule has 0 bridgehead atoms. The van der Waals surface area contributed by atoms with Gasteiger partial charge in [0.05, 0.1) is 10.8 Å². The van der Waals surface area contributed by atoms with Crippen molar-refractivity contribution in [2.24, 2.45) is 5.92 Å². The van der Waals surface area contributed by atoms with Gasteiger partial charge in [-0.25, -0.2) is 8.42 Å². The SMILES string of the molecule is O=[C]C(c1ccccc1[SH](=O)=O)C1CCCC1. The first kappa shape index (κ1) is 12.3. The highest BCUT2D eigenvalue weighted by molar-refractivity contribution is 7.72. The molecule has 0 aliphatic heterocycles. The minimum absolute atomic E-state index is 0.253. The van der Waals surface area contributed by atoms with Gasteiger partial charge in [0.25, 0.3) is 0 Å². The van der Waals surface area contributed by atoms with Crippen molar-refractivity contribution in [1.29, 1.82) is 0 Å². The maximum atomic E-state index is 11.2. The van der Waals surface area contributed by atoms with Crippen molar-refractivity contribution in [3.05, 3.63) is 29.8 Å². The van der Waals surface area contributed by atoms with E-state index in [2.05, 4.69) is 0 Å². The second-order valence-corrected chi connectivity index (χ2v) is 5.45. The van der Waals surface area contributed by atoms with Crippen molar-refractivity contribution in [2.45, 2.75) is 36.5 Å². The Kier molecular flexibility index (Phi) is 3.94. The third-order valence-electron chi connectivity index (χ3n) is 3.47. The molecular formula is C13H15O3S. The Morgan fingerprint density at radius 1 is 1.18 bits per heavy atom. The minimum Gasteiger partial charge on any atom is -0.290 e. The summed E-state index contributed by atoms with van der Waals surface area (Å²) in [6.45, 7) is 0. The van der Waals surface area contributed by atoms with Gasteiger partial charge in [-0.3, -0.25) is 4.79 Å². The zero-order chi connectivity index (χ0) is 12.3. The van der Waals surface area contributed by atoms with Gasteiger partial charge in [-0.05, 0) is 30.4 Å². The Morgan fingerprint density at radius 2 is 1.82 bits per heavy atom. The van der Waals surface area contributed by atoms with Crippen molar-refractivity contribution >= 4 is 17.0 Å². The van der Waals surface area contributed by atoms with Crippen molar-refractivity contribution < 1.29 is 13.2 Å². The standard InChI is InChI=1S/C13H15O3S/c14-9-12(10-5-1-2-6-10)11-7-3-4-8-13(11)17(15)16/h3-4,7-8,10,12,17H,1-2,5-6H2. The van der Waals surface area contributed by atoms with Gasteiger partial charge in [-0.2, -0.15) is 0 Å². The van der Waals surface area contributed by atoms with E-state index in [0.717, 1.165) is 25.7 Å². The molecule has 3 nitrogen and oxygen atoms in total. The van der Waals surface area contributed by atoms with Gasteiger partial charge >= 0.3 is 0 Å². The molecule has 0 aromatic heterocycles. The highest BCUT2D eigenvalue weighted by Gasteiger charge is 2.28. The van der Waals surface area contributed by atoms with Crippen LogP contribution in [0.2, 0.25) is 0 Å². The normalized spacial score (nSPS) is 18.4. The van der Waals surface area contributed by atoms with Gasteiger partial charge in [0.15, 0.2) is 10.7 Å². The Balaban J connectivity index is 2.39. The lowest BCUT2D eigenvalue weighted by molar-refractivity contribution is 0.467. The van der Waals surface area contributed by atoms with E-state index in [1.165, 1.54) is 0 Å². The van der Waals surface area contributed by atoms with Crippen LogP contribution in [0.4, 0.5) is 0 Å². The molecule has 0 spiro atoms. The van der Waals surface area contributed by atoms with E-state index in [9.17, 15) is 13.2 Å². The number of carbonyl (C=O) groups excluding carboxylic acids is 1. The van der Waals surface area contributed by atoms with E-state index in [4.69, 9.17) is 0 Å². The molecular weight excluding hydrogens is 236 g/mol. The van der Waals surface area contributed by atoms with E-state index < -0.39 is 10.7 Å². The van der Waals surface area contributed by atoms with E-state index in [1.54, 1.807) is 24.3 Å². The first-order chi connectivity index (χ1) is 8.24. The Morgan fingerprint density at radius 3 is 2.41 bits per heavy atom. The van der Waals surface area contributed by atoms with Gasteiger partial charge in [-0.1, -0.05) is 31.0 Å². The molecule has 17 heavy (non-hydrogen) atoms. The van der Waals surface area contributed by atoms with E-state index in [-0.39, 0.29) is 16.7 Å². The van der Waals surface area contributed by atoms with Crippen LogP contribution in [0.5, 0.6) is 0 Å². The zero-order valence-corrected chi connectivity index (χ0v) is 10.4. The lowest BCUT2D eigenvalue weighted by atomic mass is 9.86. The number of hydrogen-bond acceptors (Lipinski definition) is 3.